The smallest absolute Gasteiger partial charge is 0.0620 e. The van der Waals surface area contributed by atoms with Crippen molar-refractivity contribution in [2.75, 3.05) is 0 Å². The maximum atomic E-state index is 2.46. The fraction of sp³-hybridized carbons (Fsp3) is 0. The molecule has 0 saturated heterocycles. The van der Waals surface area contributed by atoms with Gasteiger partial charge in [-0.15, -0.1) is 0 Å². The van der Waals surface area contributed by atoms with Crippen molar-refractivity contribution in [1.29, 1.82) is 0 Å². The van der Waals surface area contributed by atoms with Crippen LogP contribution in [0, 0.1) is 0 Å². The molecule has 3 heteroatoms. The zero-order valence-corrected chi connectivity index (χ0v) is 38.5. The number of rotatable bonds is 5. The molecule has 328 valence electrons. The highest BCUT2D eigenvalue weighted by molar-refractivity contribution is 6.24. The maximum Gasteiger partial charge on any atom is 0.0620 e. The summed E-state index contributed by atoms with van der Waals surface area (Å²) >= 11 is 0. The lowest BCUT2D eigenvalue weighted by Crippen LogP contribution is -1.96. The molecule has 0 N–H and O–H groups in total. The molecule has 0 fully saturated rings. The minimum atomic E-state index is 1.15. The third-order valence-corrected chi connectivity index (χ3v) is 15.5. The third kappa shape index (κ3) is 5.49. The summed E-state index contributed by atoms with van der Waals surface area (Å²) in [6, 6.07) is 92.2. The fourth-order valence-corrected chi connectivity index (χ4v) is 12.3. The van der Waals surface area contributed by atoms with Gasteiger partial charge in [0.2, 0.25) is 0 Å². The number of aromatic nitrogens is 3. The van der Waals surface area contributed by atoms with Crippen LogP contribution in [0.5, 0.6) is 0 Å². The molecular formula is C68H41N3. The number of para-hydroxylation sites is 4. The van der Waals surface area contributed by atoms with E-state index in [-0.39, 0.29) is 0 Å². The van der Waals surface area contributed by atoms with Crippen molar-refractivity contribution in [1.82, 2.24) is 13.5 Å². The van der Waals surface area contributed by atoms with E-state index in [1.54, 1.807) is 0 Å². The molecule has 0 spiro atoms. The van der Waals surface area contributed by atoms with Gasteiger partial charge in [-0.25, -0.2) is 0 Å². The Balaban J connectivity index is 0.755. The van der Waals surface area contributed by atoms with E-state index in [9.17, 15) is 0 Å². The van der Waals surface area contributed by atoms with Gasteiger partial charge in [0.05, 0.1) is 44.3 Å². The van der Waals surface area contributed by atoms with Crippen LogP contribution >= 0.6 is 0 Å². The summed E-state index contributed by atoms with van der Waals surface area (Å²) < 4.78 is 7.33. The van der Waals surface area contributed by atoms with Gasteiger partial charge in [-0.1, -0.05) is 170 Å². The Morgan fingerprint density at radius 2 is 0.592 bits per heavy atom. The van der Waals surface area contributed by atoms with Crippen molar-refractivity contribution in [3.8, 4) is 44.8 Å². The molecule has 0 bridgehead atoms. The van der Waals surface area contributed by atoms with Crippen molar-refractivity contribution < 1.29 is 0 Å². The first-order valence-corrected chi connectivity index (χ1v) is 24.6. The average molecular weight is 900 g/mol. The van der Waals surface area contributed by atoms with Crippen LogP contribution in [0.15, 0.2) is 249 Å². The van der Waals surface area contributed by atoms with Crippen LogP contribution < -0.4 is 0 Å². The molecule has 0 amide bonds. The van der Waals surface area contributed by atoms with E-state index < -0.39 is 0 Å². The van der Waals surface area contributed by atoms with Crippen LogP contribution in [0.4, 0.5) is 0 Å². The van der Waals surface area contributed by atoms with E-state index in [0.717, 1.165) is 5.69 Å². The molecule has 0 unspecified atom stereocenters. The Labute approximate surface area is 408 Å². The van der Waals surface area contributed by atoms with Gasteiger partial charge < -0.3 is 13.5 Å². The maximum absolute atomic E-state index is 2.46. The molecule has 0 aliphatic rings. The third-order valence-electron chi connectivity index (χ3n) is 15.5. The Hall–Kier alpha value is -9.44. The first-order valence-electron chi connectivity index (χ1n) is 24.6. The van der Waals surface area contributed by atoms with Gasteiger partial charge in [-0.3, -0.25) is 0 Å². The van der Waals surface area contributed by atoms with Crippen LogP contribution in [-0.2, 0) is 0 Å². The van der Waals surface area contributed by atoms with Crippen LogP contribution in [0.3, 0.4) is 0 Å². The van der Waals surface area contributed by atoms with Crippen LogP contribution in [0.1, 0.15) is 0 Å². The van der Waals surface area contributed by atoms with Crippen molar-refractivity contribution in [3.63, 3.8) is 0 Å². The first-order chi connectivity index (χ1) is 35.2. The lowest BCUT2D eigenvalue weighted by molar-refractivity contribution is 1.18. The quantitative estimate of drug-likeness (QED) is 0.153. The largest absolute Gasteiger partial charge is 0.309 e. The number of hydrogen-bond donors (Lipinski definition) is 0. The summed E-state index contributed by atoms with van der Waals surface area (Å²) in [5.41, 5.74) is 18.2. The molecule has 0 atom stereocenters. The second-order valence-corrected chi connectivity index (χ2v) is 19.2. The van der Waals surface area contributed by atoms with Gasteiger partial charge >= 0.3 is 0 Å². The Morgan fingerprint density at radius 3 is 1.17 bits per heavy atom. The molecule has 3 nitrogen and oxygen atoms in total. The number of nitrogens with zero attached hydrogens (tertiary/aromatic N) is 3. The zero-order chi connectivity index (χ0) is 46.3. The lowest BCUT2D eigenvalue weighted by atomic mass is 9.98. The molecule has 0 aliphatic carbocycles. The summed E-state index contributed by atoms with van der Waals surface area (Å²) in [5.74, 6) is 0. The number of fused-ring (bicyclic) bond motifs is 15. The molecule has 16 aromatic rings. The molecule has 0 aliphatic heterocycles. The van der Waals surface area contributed by atoms with Gasteiger partial charge in [0.1, 0.15) is 0 Å². The monoisotopic (exact) mass is 899 g/mol. The predicted molar refractivity (Wildman–Crippen MR) is 301 cm³/mol. The van der Waals surface area contributed by atoms with Gasteiger partial charge in [0, 0.05) is 54.2 Å². The Bertz CT molecular complexity index is 4770. The molecule has 4 aromatic heterocycles. The highest BCUT2D eigenvalue weighted by atomic mass is 15.0. The van der Waals surface area contributed by atoms with Crippen molar-refractivity contribution in [2.45, 2.75) is 0 Å². The highest BCUT2D eigenvalue weighted by Crippen LogP contribution is 2.44. The summed E-state index contributed by atoms with van der Waals surface area (Å²) in [7, 11) is 0. The fourth-order valence-electron chi connectivity index (χ4n) is 12.3. The molecule has 4 heterocycles. The van der Waals surface area contributed by atoms with Crippen molar-refractivity contribution >= 4 is 103 Å². The summed E-state index contributed by atoms with van der Waals surface area (Å²) in [5, 5.41) is 15.2. The molecule has 16 rings (SSSR count). The molecule has 71 heavy (non-hydrogen) atoms. The van der Waals surface area contributed by atoms with E-state index in [2.05, 4.69) is 262 Å². The van der Waals surface area contributed by atoms with Crippen molar-refractivity contribution in [2.24, 2.45) is 0 Å². The Kier molecular flexibility index (Phi) is 7.89. The predicted octanol–water partition coefficient (Wildman–Crippen LogP) is 18.3. The van der Waals surface area contributed by atoms with Gasteiger partial charge in [-0.05, 0) is 128 Å². The lowest BCUT2D eigenvalue weighted by Gasteiger charge is -2.14. The molecule has 12 aromatic carbocycles. The molecular weight excluding hydrogens is 859 g/mol. The zero-order valence-electron chi connectivity index (χ0n) is 38.5. The topological polar surface area (TPSA) is 14.3 Å². The average Bonchev–Trinajstić information content (AvgIpc) is 4.17. The molecule has 0 radical (unpaired) electrons. The van der Waals surface area contributed by atoms with Crippen LogP contribution in [0.2, 0.25) is 0 Å². The van der Waals surface area contributed by atoms with Crippen LogP contribution in [-0.4, -0.2) is 13.5 Å². The van der Waals surface area contributed by atoms with Gasteiger partial charge in [0.25, 0.3) is 0 Å². The second kappa shape index (κ2) is 14.5. The first kappa shape index (κ1) is 38.5. The SMILES string of the molecule is c1ccc2c(c1)cc(-n1c3ccccc3c3cc(-c4ccc(-c5ccc6c(c5)c5ccccc5n6-c5ccc(-c6cc7c8ccccc8n8c9ccccc9c(c6)c78)cc5)cc4)ccc31)c1ccccc12. The standard InChI is InChI=1S/C68H41N3/c1-2-14-50-47(13-1)41-67(52-16-4-3-15-51(50)52)70-62-22-10-6-18-54(62)58-38-46(32-36-66(58)70)43-27-25-42(26-28-43)45-31-35-65-57(37-45)53-17-5-9-21-61(53)69(65)49-33-29-44(30-34-49)48-39-59-55-19-7-11-23-63(55)71-64-24-12-8-20-56(64)60(40-48)68(59)71/h1-41H. The van der Waals surface area contributed by atoms with Gasteiger partial charge in [-0.2, -0.15) is 0 Å². The van der Waals surface area contributed by atoms with Crippen LogP contribution in [0.25, 0.3) is 148 Å². The van der Waals surface area contributed by atoms with E-state index in [0.29, 0.717) is 0 Å². The normalized spacial score (nSPS) is 12.2. The van der Waals surface area contributed by atoms with E-state index in [1.165, 1.54) is 142 Å². The minimum Gasteiger partial charge on any atom is -0.309 e. The summed E-state index contributed by atoms with van der Waals surface area (Å²) in [4.78, 5) is 0. The minimum absolute atomic E-state index is 1.15. The van der Waals surface area contributed by atoms with E-state index in [1.807, 2.05) is 0 Å². The Morgan fingerprint density at radius 1 is 0.211 bits per heavy atom. The summed E-state index contributed by atoms with van der Waals surface area (Å²) in [6.07, 6.45) is 0. The summed E-state index contributed by atoms with van der Waals surface area (Å²) in [6.45, 7) is 0. The second-order valence-electron chi connectivity index (χ2n) is 19.2. The number of hydrogen-bond acceptors (Lipinski definition) is 0. The number of benzene rings is 12. The molecule has 0 saturated carbocycles. The van der Waals surface area contributed by atoms with Crippen molar-refractivity contribution in [3.05, 3.63) is 249 Å². The highest BCUT2D eigenvalue weighted by Gasteiger charge is 2.20. The van der Waals surface area contributed by atoms with E-state index >= 15 is 0 Å². The van der Waals surface area contributed by atoms with E-state index in [4.69, 9.17) is 0 Å². The van der Waals surface area contributed by atoms with Gasteiger partial charge in [0.15, 0.2) is 0 Å².